The molecule has 0 saturated heterocycles. The van der Waals surface area contributed by atoms with Crippen LogP contribution in [0.3, 0.4) is 0 Å². The largest absolute Gasteiger partial charge is 0.481 e. The first-order valence-corrected chi connectivity index (χ1v) is 7.47. The summed E-state index contributed by atoms with van der Waals surface area (Å²) in [5.74, 6) is -1.63. The first-order chi connectivity index (χ1) is 9.69. The van der Waals surface area contributed by atoms with Gasteiger partial charge in [0.2, 0.25) is 0 Å². The molecule has 0 aromatic heterocycles. The van der Waals surface area contributed by atoms with Gasteiger partial charge in [0.05, 0.1) is 5.92 Å². The summed E-state index contributed by atoms with van der Waals surface area (Å²) in [6.45, 7) is 6.49. The van der Waals surface area contributed by atoms with E-state index in [1.807, 2.05) is 0 Å². The lowest BCUT2D eigenvalue weighted by molar-refractivity contribution is -0.141. The zero-order chi connectivity index (χ0) is 15.8. The highest BCUT2D eigenvalue weighted by molar-refractivity contribution is 5.79. The molecule has 1 aromatic rings. The number of halogens is 1. The molecule has 1 saturated carbocycles. The number of hydrogen-bond acceptors (Lipinski definition) is 2. The molecule has 3 N–H and O–H groups in total. The van der Waals surface area contributed by atoms with Gasteiger partial charge in [0.15, 0.2) is 0 Å². The fraction of sp³-hybridized carbons (Fsp3) is 0.588. The Bertz CT molecular complexity index is 542. The van der Waals surface area contributed by atoms with Gasteiger partial charge in [-0.1, -0.05) is 20.8 Å². The molecule has 1 aliphatic rings. The van der Waals surface area contributed by atoms with Crippen LogP contribution in [-0.2, 0) is 4.79 Å². The van der Waals surface area contributed by atoms with E-state index in [1.54, 1.807) is 0 Å². The van der Waals surface area contributed by atoms with Crippen molar-refractivity contribution in [3.8, 4) is 0 Å². The van der Waals surface area contributed by atoms with E-state index < -0.39 is 17.7 Å². The third-order valence-corrected chi connectivity index (χ3v) is 4.54. The van der Waals surface area contributed by atoms with E-state index in [1.165, 1.54) is 18.2 Å². The van der Waals surface area contributed by atoms with Crippen molar-refractivity contribution < 1.29 is 14.3 Å². The van der Waals surface area contributed by atoms with Crippen molar-refractivity contribution in [1.29, 1.82) is 0 Å². The first-order valence-electron chi connectivity index (χ1n) is 7.47. The summed E-state index contributed by atoms with van der Waals surface area (Å²) in [7, 11) is 0. The third kappa shape index (κ3) is 3.55. The molecule has 1 aromatic carbocycles. The highest BCUT2D eigenvalue weighted by Crippen LogP contribution is 2.47. The van der Waals surface area contributed by atoms with Crippen molar-refractivity contribution >= 4 is 11.7 Å². The van der Waals surface area contributed by atoms with Crippen molar-refractivity contribution in [3.63, 3.8) is 0 Å². The van der Waals surface area contributed by atoms with Gasteiger partial charge in [0.25, 0.3) is 0 Å². The highest BCUT2D eigenvalue weighted by atomic mass is 19.1. The average molecular weight is 293 g/mol. The minimum Gasteiger partial charge on any atom is -0.481 e. The molecule has 116 valence electrons. The Balaban J connectivity index is 2.39. The second-order valence-electron chi connectivity index (χ2n) is 7.26. The van der Waals surface area contributed by atoms with Crippen molar-refractivity contribution in [2.45, 2.75) is 46.0 Å². The standard InChI is InChI=1S/C17H24FNO2/c1-10-6-11(9-17(2,3)8-10)15(16(20)21)13-7-12(18)4-5-14(13)19/h4-5,7,10-11,15H,6,8-9,19H2,1-3H3,(H,20,21). The van der Waals surface area contributed by atoms with Gasteiger partial charge in [0.1, 0.15) is 5.82 Å². The Kier molecular flexibility index (Phi) is 4.26. The zero-order valence-corrected chi connectivity index (χ0v) is 12.9. The van der Waals surface area contributed by atoms with Crippen molar-refractivity contribution in [3.05, 3.63) is 29.6 Å². The molecule has 1 fully saturated rings. The van der Waals surface area contributed by atoms with Gasteiger partial charge in [-0.25, -0.2) is 4.39 Å². The molecule has 2 rings (SSSR count). The summed E-state index contributed by atoms with van der Waals surface area (Å²) in [5, 5.41) is 9.67. The average Bonchev–Trinajstić information content (AvgIpc) is 2.30. The molecule has 0 aliphatic heterocycles. The number of hydrogen-bond donors (Lipinski definition) is 2. The maximum absolute atomic E-state index is 13.5. The number of benzene rings is 1. The molecule has 0 bridgehead atoms. The number of rotatable bonds is 3. The maximum atomic E-state index is 13.5. The molecule has 0 heterocycles. The molecule has 0 spiro atoms. The van der Waals surface area contributed by atoms with Gasteiger partial charge in [-0.15, -0.1) is 0 Å². The van der Waals surface area contributed by atoms with E-state index in [0.29, 0.717) is 17.2 Å². The minimum absolute atomic E-state index is 0.00894. The van der Waals surface area contributed by atoms with Gasteiger partial charge >= 0.3 is 5.97 Å². The molecule has 3 nitrogen and oxygen atoms in total. The summed E-state index contributed by atoms with van der Waals surface area (Å²) >= 11 is 0. The summed E-state index contributed by atoms with van der Waals surface area (Å²) in [4.78, 5) is 11.8. The Morgan fingerprint density at radius 3 is 2.67 bits per heavy atom. The van der Waals surface area contributed by atoms with Crippen LogP contribution < -0.4 is 5.73 Å². The predicted molar refractivity (Wildman–Crippen MR) is 81.5 cm³/mol. The fourth-order valence-corrected chi connectivity index (χ4v) is 4.08. The summed E-state index contributed by atoms with van der Waals surface area (Å²) in [6, 6.07) is 4.00. The molecular formula is C17H24FNO2. The van der Waals surface area contributed by atoms with Crippen LogP contribution in [0, 0.1) is 23.1 Å². The van der Waals surface area contributed by atoms with Gasteiger partial charge < -0.3 is 10.8 Å². The molecule has 3 unspecified atom stereocenters. The molecule has 0 amide bonds. The summed E-state index contributed by atoms with van der Waals surface area (Å²) in [6.07, 6.45) is 2.76. The predicted octanol–water partition coefficient (Wildman–Crippen LogP) is 4.04. The van der Waals surface area contributed by atoms with Crippen LogP contribution in [-0.4, -0.2) is 11.1 Å². The number of carboxylic acids is 1. The van der Waals surface area contributed by atoms with Crippen LogP contribution in [0.2, 0.25) is 0 Å². The van der Waals surface area contributed by atoms with Crippen LogP contribution in [0.1, 0.15) is 51.5 Å². The summed E-state index contributed by atoms with van der Waals surface area (Å²) in [5.41, 5.74) is 6.79. The lowest BCUT2D eigenvalue weighted by Gasteiger charge is -2.41. The number of nitrogen functional groups attached to an aromatic ring is 1. The zero-order valence-electron chi connectivity index (χ0n) is 12.9. The molecule has 1 aliphatic carbocycles. The Morgan fingerprint density at radius 1 is 1.43 bits per heavy atom. The van der Waals surface area contributed by atoms with Crippen LogP contribution >= 0.6 is 0 Å². The van der Waals surface area contributed by atoms with Crippen LogP contribution in [0.15, 0.2) is 18.2 Å². The second kappa shape index (κ2) is 5.66. The van der Waals surface area contributed by atoms with Gasteiger partial charge in [-0.3, -0.25) is 4.79 Å². The fourth-order valence-electron chi connectivity index (χ4n) is 4.08. The van der Waals surface area contributed by atoms with Crippen LogP contribution in [0.5, 0.6) is 0 Å². The minimum atomic E-state index is -0.915. The molecule has 0 radical (unpaired) electrons. The Hall–Kier alpha value is -1.58. The molecule has 21 heavy (non-hydrogen) atoms. The Labute approximate surface area is 125 Å². The van der Waals surface area contributed by atoms with E-state index in [4.69, 9.17) is 5.73 Å². The van der Waals surface area contributed by atoms with E-state index >= 15 is 0 Å². The van der Waals surface area contributed by atoms with Gasteiger partial charge in [-0.05, 0) is 60.3 Å². The van der Waals surface area contributed by atoms with Crippen LogP contribution in [0.25, 0.3) is 0 Å². The summed E-state index contributed by atoms with van der Waals surface area (Å²) < 4.78 is 13.5. The number of nitrogens with two attached hydrogens (primary N) is 1. The second-order valence-corrected chi connectivity index (χ2v) is 7.26. The normalized spacial score (nSPS) is 26.3. The molecule has 4 heteroatoms. The number of aliphatic carboxylic acids is 1. The Morgan fingerprint density at radius 2 is 2.10 bits per heavy atom. The monoisotopic (exact) mass is 293 g/mol. The topological polar surface area (TPSA) is 63.3 Å². The van der Waals surface area contributed by atoms with Crippen molar-refractivity contribution in [1.82, 2.24) is 0 Å². The molecular weight excluding hydrogens is 269 g/mol. The number of carbonyl (C=O) groups is 1. The smallest absolute Gasteiger partial charge is 0.311 e. The highest BCUT2D eigenvalue weighted by Gasteiger charge is 2.40. The molecule has 3 atom stereocenters. The van der Waals surface area contributed by atoms with E-state index in [9.17, 15) is 14.3 Å². The van der Waals surface area contributed by atoms with Crippen molar-refractivity contribution in [2.24, 2.45) is 17.3 Å². The lowest BCUT2D eigenvalue weighted by Crippen LogP contribution is -2.34. The van der Waals surface area contributed by atoms with E-state index in [2.05, 4.69) is 20.8 Å². The SMILES string of the molecule is CC1CC(C(C(=O)O)c2cc(F)ccc2N)CC(C)(C)C1. The lowest BCUT2D eigenvalue weighted by atomic mass is 9.63. The van der Waals surface area contributed by atoms with Gasteiger partial charge in [0, 0.05) is 5.69 Å². The quantitative estimate of drug-likeness (QED) is 0.827. The van der Waals surface area contributed by atoms with Crippen molar-refractivity contribution in [2.75, 3.05) is 5.73 Å². The first kappa shape index (κ1) is 15.8. The van der Waals surface area contributed by atoms with E-state index in [0.717, 1.165) is 19.3 Å². The number of carboxylic acid groups (broad SMARTS) is 1. The third-order valence-electron chi connectivity index (χ3n) is 4.54. The van der Waals surface area contributed by atoms with E-state index in [-0.39, 0.29) is 11.3 Å². The number of anilines is 1. The van der Waals surface area contributed by atoms with Crippen LogP contribution in [0.4, 0.5) is 10.1 Å². The maximum Gasteiger partial charge on any atom is 0.311 e. The van der Waals surface area contributed by atoms with Gasteiger partial charge in [-0.2, -0.15) is 0 Å².